The Morgan fingerprint density at radius 3 is 2.29 bits per heavy atom. The van der Waals surface area contributed by atoms with E-state index in [2.05, 4.69) is 21.2 Å². The fraction of sp³-hybridized carbons (Fsp3) is 0.310. The molecule has 12 heteroatoms. The minimum absolute atomic E-state index is 0.0483. The van der Waals surface area contributed by atoms with Crippen LogP contribution in [-0.2, 0) is 26.2 Å². The molecule has 41 heavy (non-hydrogen) atoms. The monoisotopic (exact) mass is 649 g/mol. The van der Waals surface area contributed by atoms with Gasteiger partial charge in [-0.3, -0.25) is 13.9 Å². The first kappa shape index (κ1) is 31.9. The van der Waals surface area contributed by atoms with Gasteiger partial charge in [-0.1, -0.05) is 35.0 Å². The number of nitrogens with one attached hydrogen (secondary N) is 1. The van der Waals surface area contributed by atoms with Gasteiger partial charge < -0.3 is 19.7 Å². The molecule has 3 aromatic rings. The summed E-state index contributed by atoms with van der Waals surface area (Å²) in [4.78, 5) is 28.0. The second-order valence-electron chi connectivity index (χ2n) is 9.12. The van der Waals surface area contributed by atoms with Crippen molar-refractivity contribution < 1.29 is 31.9 Å². The predicted molar refractivity (Wildman–Crippen MR) is 158 cm³/mol. The van der Waals surface area contributed by atoms with Gasteiger partial charge in [-0.15, -0.1) is 0 Å². The Hall–Kier alpha value is -3.64. The SMILES string of the molecule is CCCNC(=O)[C@@H](C)N(Cc1cccc(Br)c1)C(=O)CN(c1ccc(F)cc1)S(=O)(=O)c1ccc(OC)c(OC)c1. The number of anilines is 1. The quantitative estimate of drug-likeness (QED) is 0.287. The first-order valence-corrected chi connectivity index (χ1v) is 15.1. The topological polar surface area (TPSA) is 105 Å². The number of halogens is 2. The van der Waals surface area contributed by atoms with Crippen molar-refractivity contribution in [2.75, 3.05) is 31.6 Å². The number of rotatable bonds is 13. The van der Waals surface area contributed by atoms with Gasteiger partial charge >= 0.3 is 0 Å². The number of methoxy groups -OCH3 is 2. The summed E-state index contributed by atoms with van der Waals surface area (Å²) in [6.45, 7) is 3.33. The number of carbonyl (C=O) groups excluding carboxylic acids is 2. The standard InChI is InChI=1S/C29H33BrFN3O6S/c1-5-15-32-29(36)20(2)33(18-21-7-6-8-22(30)16-21)28(35)19-34(24-11-9-23(31)10-12-24)41(37,38)25-13-14-26(39-3)27(17-25)40-4/h6-14,16-17,20H,5,15,18-19H2,1-4H3,(H,32,36)/t20-/m1/s1. The zero-order valence-corrected chi connectivity index (χ0v) is 25.7. The molecule has 0 aliphatic heterocycles. The predicted octanol–water partition coefficient (Wildman–Crippen LogP) is 4.74. The average Bonchev–Trinajstić information content (AvgIpc) is 2.97. The number of carbonyl (C=O) groups is 2. The summed E-state index contributed by atoms with van der Waals surface area (Å²) in [6, 6.07) is 15.2. The maximum Gasteiger partial charge on any atom is 0.264 e. The fourth-order valence-electron chi connectivity index (χ4n) is 4.05. The van der Waals surface area contributed by atoms with Gasteiger partial charge in [0.15, 0.2) is 11.5 Å². The third-order valence-electron chi connectivity index (χ3n) is 6.29. The summed E-state index contributed by atoms with van der Waals surface area (Å²) in [5.41, 5.74) is 0.805. The van der Waals surface area contributed by atoms with E-state index in [-0.39, 0.29) is 28.8 Å². The highest BCUT2D eigenvalue weighted by atomic mass is 79.9. The van der Waals surface area contributed by atoms with E-state index >= 15 is 0 Å². The Kier molecular flexibility index (Phi) is 11.1. The van der Waals surface area contributed by atoms with E-state index in [0.717, 1.165) is 26.5 Å². The molecule has 1 atom stereocenters. The van der Waals surface area contributed by atoms with E-state index in [9.17, 15) is 22.4 Å². The highest BCUT2D eigenvalue weighted by molar-refractivity contribution is 9.10. The number of sulfonamides is 1. The van der Waals surface area contributed by atoms with Crippen molar-refractivity contribution in [1.29, 1.82) is 0 Å². The molecule has 220 valence electrons. The van der Waals surface area contributed by atoms with Gasteiger partial charge in [-0.2, -0.15) is 0 Å². The smallest absolute Gasteiger partial charge is 0.264 e. The van der Waals surface area contributed by atoms with Crippen molar-refractivity contribution in [2.24, 2.45) is 0 Å². The average molecular weight is 651 g/mol. The van der Waals surface area contributed by atoms with Gasteiger partial charge in [0, 0.05) is 23.6 Å². The normalized spacial score (nSPS) is 11.9. The Bertz CT molecular complexity index is 1470. The molecule has 0 saturated carbocycles. The first-order chi connectivity index (χ1) is 19.5. The maximum atomic E-state index is 14.0. The summed E-state index contributed by atoms with van der Waals surface area (Å²) >= 11 is 3.42. The zero-order valence-electron chi connectivity index (χ0n) is 23.3. The Morgan fingerprint density at radius 2 is 1.68 bits per heavy atom. The van der Waals surface area contributed by atoms with Crippen LogP contribution in [0.3, 0.4) is 0 Å². The summed E-state index contributed by atoms with van der Waals surface area (Å²) in [5.74, 6) is -1.07. The van der Waals surface area contributed by atoms with Crippen molar-refractivity contribution >= 4 is 43.5 Å². The number of benzene rings is 3. The summed E-state index contributed by atoms with van der Waals surface area (Å²) in [6.07, 6.45) is 0.708. The molecule has 2 amide bonds. The van der Waals surface area contributed by atoms with E-state index in [1.54, 1.807) is 19.1 Å². The van der Waals surface area contributed by atoms with Crippen LogP contribution in [0.4, 0.5) is 10.1 Å². The van der Waals surface area contributed by atoms with Gasteiger partial charge in [-0.25, -0.2) is 12.8 Å². The molecule has 0 aliphatic carbocycles. The van der Waals surface area contributed by atoms with E-state index in [0.29, 0.717) is 18.7 Å². The van der Waals surface area contributed by atoms with Crippen molar-refractivity contribution in [3.8, 4) is 11.5 Å². The molecule has 9 nitrogen and oxygen atoms in total. The van der Waals surface area contributed by atoms with Crippen molar-refractivity contribution in [2.45, 2.75) is 37.8 Å². The number of amides is 2. The summed E-state index contributed by atoms with van der Waals surface area (Å²) < 4.78 is 53.9. The highest BCUT2D eigenvalue weighted by Crippen LogP contribution is 2.32. The second-order valence-corrected chi connectivity index (χ2v) is 11.9. The van der Waals surface area contributed by atoms with Crippen LogP contribution in [-0.4, -0.2) is 58.5 Å². The minimum Gasteiger partial charge on any atom is -0.493 e. The molecule has 0 bridgehead atoms. The number of nitrogens with zero attached hydrogens (tertiary/aromatic N) is 2. The van der Waals surface area contributed by atoms with Crippen LogP contribution in [0.25, 0.3) is 0 Å². The van der Waals surface area contributed by atoms with Gasteiger partial charge in [0.05, 0.1) is 24.8 Å². The molecule has 0 heterocycles. The zero-order chi connectivity index (χ0) is 30.2. The lowest BCUT2D eigenvalue weighted by atomic mass is 10.1. The first-order valence-electron chi connectivity index (χ1n) is 12.8. The van der Waals surface area contributed by atoms with Crippen LogP contribution >= 0.6 is 15.9 Å². The van der Waals surface area contributed by atoms with E-state index in [1.165, 1.54) is 49.5 Å². The van der Waals surface area contributed by atoms with Crippen LogP contribution in [0, 0.1) is 5.82 Å². The van der Waals surface area contributed by atoms with Crippen molar-refractivity contribution in [3.05, 3.63) is 82.6 Å². The molecule has 0 unspecified atom stereocenters. The molecule has 3 rings (SSSR count). The van der Waals surface area contributed by atoms with E-state index in [4.69, 9.17) is 9.47 Å². The molecule has 0 radical (unpaired) electrons. The third kappa shape index (κ3) is 7.98. The van der Waals surface area contributed by atoms with Crippen LogP contribution < -0.4 is 19.1 Å². The number of hydrogen-bond donors (Lipinski definition) is 1. The number of hydrogen-bond acceptors (Lipinski definition) is 6. The van der Waals surface area contributed by atoms with Gasteiger partial charge in [0.25, 0.3) is 10.0 Å². The van der Waals surface area contributed by atoms with E-state index in [1.807, 2.05) is 19.1 Å². The highest BCUT2D eigenvalue weighted by Gasteiger charge is 2.33. The molecule has 0 aromatic heterocycles. The van der Waals surface area contributed by atoms with Gasteiger partial charge in [0.1, 0.15) is 18.4 Å². The molecule has 0 saturated heterocycles. The molecular formula is C29H33BrFN3O6S. The lowest BCUT2D eigenvalue weighted by molar-refractivity contribution is -0.139. The largest absolute Gasteiger partial charge is 0.493 e. The maximum absolute atomic E-state index is 14.0. The second kappa shape index (κ2) is 14.3. The number of ether oxygens (including phenoxy) is 2. The van der Waals surface area contributed by atoms with E-state index < -0.39 is 34.3 Å². The van der Waals surface area contributed by atoms with Gasteiger partial charge in [0.2, 0.25) is 11.8 Å². The molecule has 1 N–H and O–H groups in total. The van der Waals surface area contributed by atoms with Crippen molar-refractivity contribution in [1.82, 2.24) is 10.2 Å². The minimum atomic E-state index is -4.37. The summed E-state index contributed by atoms with van der Waals surface area (Å²) in [5, 5.41) is 2.79. The molecular weight excluding hydrogens is 617 g/mol. The third-order valence-corrected chi connectivity index (χ3v) is 8.56. The lowest BCUT2D eigenvalue weighted by Gasteiger charge is -2.32. The molecule has 0 spiro atoms. The van der Waals surface area contributed by atoms with Gasteiger partial charge in [-0.05, 0) is 67.4 Å². The lowest BCUT2D eigenvalue weighted by Crippen LogP contribution is -2.51. The summed E-state index contributed by atoms with van der Waals surface area (Å²) in [7, 11) is -1.57. The Morgan fingerprint density at radius 1 is 1.00 bits per heavy atom. The molecule has 3 aromatic carbocycles. The Balaban J connectivity index is 2.06. The van der Waals surface area contributed by atoms with Crippen molar-refractivity contribution in [3.63, 3.8) is 0 Å². The molecule has 0 fully saturated rings. The fourth-order valence-corrected chi connectivity index (χ4v) is 5.93. The van der Waals surface area contributed by atoms with Crippen LogP contribution in [0.15, 0.2) is 76.1 Å². The molecule has 0 aliphatic rings. The Labute approximate surface area is 248 Å². The van der Waals surface area contributed by atoms with Crippen LogP contribution in [0.1, 0.15) is 25.8 Å². The van der Waals surface area contributed by atoms with Crippen LogP contribution in [0.5, 0.6) is 11.5 Å². The van der Waals surface area contributed by atoms with Crippen LogP contribution in [0.2, 0.25) is 0 Å².